The molecule has 2 N–H and O–H groups in total. The quantitative estimate of drug-likeness (QED) is 0.587. The van der Waals surface area contributed by atoms with Crippen LogP contribution in [0.4, 0.5) is 4.79 Å². The molecule has 13 heavy (non-hydrogen) atoms. The average molecular weight is 186 g/mol. The monoisotopic (exact) mass is 186 g/mol. The second kappa shape index (κ2) is 6.16. The summed E-state index contributed by atoms with van der Waals surface area (Å²) in [6.45, 7) is 4.36. The zero-order valence-corrected chi connectivity index (χ0v) is 7.85. The molecular weight excluding hydrogens is 172 g/mol. The van der Waals surface area contributed by atoms with Crippen LogP contribution >= 0.6 is 0 Å². The van der Waals surface area contributed by atoms with E-state index < -0.39 is 17.8 Å². The number of urea groups is 1. The van der Waals surface area contributed by atoms with Crippen molar-refractivity contribution in [1.82, 2.24) is 10.6 Å². The molecule has 0 unspecified atom stereocenters. The van der Waals surface area contributed by atoms with Gasteiger partial charge in [0.15, 0.2) is 0 Å². The minimum atomic E-state index is -0.740. The molecule has 0 atom stereocenters. The summed E-state index contributed by atoms with van der Waals surface area (Å²) in [6, 6.07) is -0.740. The van der Waals surface area contributed by atoms with Crippen LogP contribution in [0.2, 0.25) is 0 Å². The Morgan fingerprint density at radius 2 is 1.38 bits per heavy atom. The van der Waals surface area contributed by atoms with E-state index in [2.05, 4.69) is 13.8 Å². The lowest BCUT2D eigenvalue weighted by Gasteiger charge is -2.09. The van der Waals surface area contributed by atoms with Crippen molar-refractivity contribution in [2.75, 3.05) is 0 Å². The van der Waals surface area contributed by atoms with Crippen molar-refractivity contribution < 1.29 is 14.4 Å². The van der Waals surface area contributed by atoms with Crippen LogP contribution in [0.3, 0.4) is 0 Å². The summed E-state index contributed by atoms with van der Waals surface area (Å²) in [5, 5.41) is 3.80. The maximum Gasteiger partial charge on any atom is 0.328 e. The van der Waals surface area contributed by atoms with Crippen molar-refractivity contribution in [3.8, 4) is 0 Å². The highest BCUT2D eigenvalue weighted by Crippen LogP contribution is 1.85. The van der Waals surface area contributed by atoms with Crippen molar-refractivity contribution in [3.63, 3.8) is 0 Å². The molecule has 5 nitrogen and oxygen atoms in total. The van der Waals surface area contributed by atoms with Crippen molar-refractivity contribution in [2.45, 2.75) is 33.1 Å². The number of imide groups is 2. The maximum atomic E-state index is 10.3. The minimum absolute atomic E-state index is 0.258. The fourth-order valence-electron chi connectivity index (χ4n) is 0.519. The largest absolute Gasteiger partial charge is 0.328 e. The minimum Gasteiger partial charge on any atom is -0.277 e. The first kappa shape index (κ1) is 11.6. The van der Waals surface area contributed by atoms with Crippen molar-refractivity contribution >= 4 is 17.8 Å². The number of nitrogens with one attached hydrogen (secondary N) is 2. The van der Waals surface area contributed by atoms with Gasteiger partial charge >= 0.3 is 6.03 Å². The van der Waals surface area contributed by atoms with Crippen LogP contribution in [-0.2, 0) is 9.59 Å². The Morgan fingerprint density at radius 1 is 1.00 bits per heavy atom. The smallest absolute Gasteiger partial charge is 0.277 e. The van der Waals surface area contributed by atoms with Gasteiger partial charge in [-0.25, -0.2) is 4.79 Å². The van der Waals surface area contributed by atoms with E-state index >= 15 is 0 Å². The van der Waals surface area contributed by atoms with Gasteiger partial charge in [-0.3, -0.25) is 20.2 Å². The second-order valence-corrected chi connectivity index (χ2v) is 2.60. The van der Waals surface area contributed by atoms with Gasteiger partial charge in [0.1, 0.15) is 6.42 Å². The summed E-state index contributed by atoms with van der Waals surface area (Å²) in [4.78, 5) is 30.8. The molecule has 0 saturated carbocycles. The molecular formula is C8H14N2O3. The molecule has 5 heteroatoms. The normalized spacial score (nSPS) is 15.4. The number of hydrogen-bond donors (Lipinski definition) is 2. The highest BCUT2D eigenvalue weighted by Gasteiger charge is 2.20. The Hall–Kier alpha value is -1.39. The summed E-state index contributed by atoms with van der Waals surface area (Å²) in [6.07, 6.45) is 2.38. The number of barbiturate groups is 1. The van der Waals surface area contributed by atoms with Gasteiger partial charge in [0.2, 0.25) is 11.8 Å². The van der Waals surface area contributed by atoms with Gasteiger partial charge in [-0.05, 0) is 0 Å². The second-order valence-electron chi connectivity index (χ2n) is 2.60. The third-order valence-corrected chi connectivity index (χ3v) is 1.33. The summed E-state index contributed by atoms with van der Waals surface area (Å²) >= 11 is 0. The predicted octanol–water partition coefficient (Wildman–Crippen LogP) is 0.549. The highest BCUT2D eigenvalue weighted by molar-refractivity contribution is 6.14. The number of hydrogen-bond acceptors (Lipinski definition) is 3. The summed E-state index contributed by atoms with van der Waals surface area (Å²) in [5.74, 6) is -1.10. The van der Waals surface area contributed by atoms with Gasteiger partial charge < -0.3 is 0 Å². The fourth-order valence-corrected chi connectivity index (χ4v) is 0.519. The molecule has 0 radical (unpaired) electrons. The van der Waals surface area contributed by atoms with Crippen LogP contribution < -0.4 is 10.6 Å². The number of carbonyl (C=O) groups excluding carboxylic acids is 3. The lowest BCUT2D eigenvalue weighted by Crippen LogP contribution is -2.49. The molecule has 0 aromatic rings. The van der Waals surface area contributed by atoms with E-state index in [4.69, 9.17) is 0 Å². The third-order valence-electron chi connectivity index (χ3n) is 1.33. The van der Waals surface area contributed by atoms with Crippen molar-refractivity contribution in [1.29, 1.82) is 0 Å². The molecule has 1 heterocycles. The Morgan fingerprint density at radius 3 is 1.62 bits per heavy atom. The first-order valence-electron chi connectivity index (χ1n) is 4.23. The van der Waals surface area contributed by atoms with Crippen molar-refractivity contribution in [2.24, 2.45) is 0 Å². The molecule has 74 valence electrons. The number of unbranched alkanes of at least 4 members (excludes halogenated alkanes) is 1. The fraction of sp³-hybridized carbons (Fsp3) is 0.625. The van der Waals surface area contributed by atoms with Gasteiger partial charge in [-0.2, -0.15) is 0 Å². The van der Waals surface area contributed by atoms with Crippen LogP contribution in [0.5, 0.6) is 0 Å². The molecule has 1 aliphatic rings. The zero-order chi connectivity index (χ0) is 10.3. The van der Waals surface area contributed by atoms with E-state index in [1.54, 1.807) is 0 Å². The molecule has 1 rings (SSSR count). The first-order chi connectivity index (χ1) is 6.10. The van der Waals surface area contributed by atoms with E-state index in [0.717, 1.165) is 0 Å². The zero-order valence-electron chi connectivity index (χ0n) is 7.85. The van der Waals surface area contributed by atoms with Gasteiger partial charge in [0.25, 0.3) is 0 Å². The van der Waals surface area contributed by atoms with Crippen LogP contribution in [0.25, 0.3) is 0 Å². The molecule has 0 spiro atoms. The van der Waals surface area contributed by atoms with E-state index in [0.29, 0.717) is 0 Å². The van der Waals surface area contributed by atoms with Crippen LogP contribution in [0.15, 0.2) is 0 Å². The predicted molar refractivity (Wildman–Crippen MR) is 46.9 cm³/mol. The lowest BCUT2D eigenvalue weighted by atomic mass is 10.3. The molecule has 0 aromatic heterocycles. The summed E-state index contributed by atoms with van der Waals surface area (Å²) in [7, 11) is 0. The summed E-state index contributed by atoms with van der Waals surface area (Å²) in [5.41, 5.74) is 0. The highest BCUT2D eigenvalue weighted by atomic mass is 16.2. The topological polar surface area (TPSA) is 75.3 Å². The van der Waals surface area contributed by atoms with Crippen molar-refractivity contribution in [3.05, 3.63) is 0 Å². The Kier molecular flexibility index (Phi) is 5.50. The van der Waals surface area contributed by atoms with E-state index in [1.165, 1.54) is 12.8 Å². The van der Waals surface area contributed by atoms with Gasteiger partial charge in [0, 0.05) is 0 Å². The Bertz CT molecular complexity index is 166. The molecule has 1 fully saturated rings. The lowest BCUT2D eigenvalue weighted by molar-refractivity contribution is -0.129. The molecule has 0 aromatic carbocycles. The molecule has 0 aliphatic carbocycles. The molecule has 4 amide bonds. The molecule has 1 saturated heterocycles. The van der Waals surface area contributed by atoms with E-state index in [9.17, 15) is 14.4 Å². The van der Waals surface area contributed by atoms with Crippen LogP contribution in [0.1, 0.15) is 33.1 Å². The Labute approximate surface area is 76.9 Å². The number of amides is 4. The van der Waals surface area contributed by atoms with Crippen LogP contribution in [0, 0.1) is 0 Å². The third kappa shape index (κ3) is 5.84. The first-order valence-corrected chi connectivity index (χ1v) is 4.23. The average Bonchev–Trinajstić information content (AvgIpc) is 2.02. The van der Waals surface area contributed by atoms with Crippen LogP contribution in [-0.4, -0.2) is 17.8 Å². The molecule has 1 aliphatic heterocycles. The SMILES string of the molecule is CCCC.O=C1CC(=O)NC(=O)N1. The Balaban J connectivity index is 0.000000310. The summed E-state index contributed by atoms with van der Waals surface area (Å²) < 4.78 is 0. The van der Waals surface area contributed by atoms with Gasteiger partial charge in [-0.15, -0.1) is 0 Å². The molecule has 0 bridgehead atoms. The van der Waals surface area contributed by atoms with E-state index in [1.807, 2.05) is 10.6 Å². The van der Waals surface area contributed by atoms with Gasteiger partial charge in [0.05, 0.1) is 0 Å². The maximum absolute atomic E-state index is 10.3. The number of carbonyl (C=O) groups is 3. The number of rotatable bonds is 1. The van der Waals surface area contributed by atoms with E-state index in [-0.39, 0.29) is 6.42 Å². The standard InChI is InChI=1S/C4H4N2O3.C4H10/c7-2-1-3(8)6-4(9)5-2;1-3-4-2/h1H2,(H2,5,6,7,8,9);3-4H2,1-2H3. The van der Waals surface area contributed by atoms with Gasteiger partial charge in [-0.1, -0.05) is 26.7 Å².